The molecule has 2 aromatic rings. The molecule has 1 unspecified atom stereocenters. The van der Waals surface area contributed by atoms with Crippen molar-refractivity contribution >= 4 is 21.6 Å². The topological polar surface area (TPSA) is 66.5 Å². The minimum absolute atomic E-state index is 0.297. The molecular formula is C22H30N2O3S. The Balaban J connectivity index is 2.03. The zero-order valence-corrected chi connectivity index (χ0v) is 18.1. The molecule has 0 aliphatic heterocycles. The molecule has 0 bridgehead atoms. The molecule has 0 spiro atoms. The van der Waals surface area contributed by atoms with Crippen molar-refractivity contribution < 1.29 is 13.2 Å². The molecule has 1 amide bonds. The van der Waals surface area contributed by atoms with E-state index < -0.39 is 16.1 Å². The van der Waals surface area contributed by atoms with Crippen LogP contribution in [0.2, 0.25) is 0 Å². The van der Waals surface area contributed by atoms with Crippen LogP contribution in [-0.2, 0) is 21.2 Å². The molecule has 28 heavy (non-hydrogen) atoms. The van der Waals surface area contributed by atoms with E-state index in [-0.39, 0.29) is 5.91 Å². The third-order valence-electron chi connectivity index (χ3n) is 4.57. The highest BCUT2D eigenvalue weighted by Gasteiger charge is 2.29. The molecule has 152 valence electrons. The fourth-order valence-corrected chi connectivity index (χ4v) is 4.56. The van der Waals surface area contributed by atoms with Gasteiger partial charge in [-0.1, -0.05) is 35.9 Å². The van der Waals surface area contributed by atoms with Gasteiger partial charge in [0.25, 0.3) is 0 Å². The average molecular weight is 403 g/mol. The SMILES string of the molecule is Cc1cccc(CCCNC(=O)C(C)N(c2cc(C)cc(C)c2)S(C)(=O)=O)c1. The Hall–Kier alpha value is -2.34. The highest BCUT2D eigenvalue weighted by molar-refractivity contribution is 7.92. The summed E-state index contributed by atoms with van der Waals surface area (Å²) in [5.41, 5.74) is 4.87. The number of amides is 1. The first-order valence-corrected chi connectivity index (χ1v) is 11.3. The lowest BCUT2D eigenvalue weighted by Crippen LogP contribution is -2.48. The monoisotopic (exact) mass is 402 g/mol. The number of aryl methyl sites for hydroxylation is 4. The van der Waals surface area contributed by atoms with E-state index in [2.05, 4.69) is 30.4 Å². The van der Waals surface area contributed by atoms with Gasteiger partial charge in [0.15, 0.2) is 0 Å². The fraction of sp³-hybridized carbons (Fsp3) is 0.409. The van der Waals surface area contributed by atoms with Crippen molar-refractivity contribution in [3.05, 3.63) is 64.7 Å². The summed E-state index contributed by atoms with van der Waals surface area (Å²) in [7, 11) is -3.60. The number of nitrogens with one attached hydrogen (secondary N) is 1. The van der Waals surface area contributed by atoms with Crippen LogP contribution in [0.4, 0.5) is 5.69 Å². The maximum Gasteiger partial charge on any atom is 0.243 e. The first kappa shape index (κ1) is 22.0. The molecule has 0 aliphatic carbocycles. The van der Waals surface area contributed by atoms with Crippen LogP contribution < -0.4 is 9.62 Å². The van der Waals surface area contributed by atoms with Crippen LogP contribution in [0.15, 0.2) is 42.5 Å². The third-order valence-corrected chi connectivity index (χ3v) is 5.82. The Labute approximate surface area is 168 Å². The summed E-state index contributed by atoms with van der Waals surface area (Å²) in [6.45, 7) is 8.00. The molecule has 0 aliphatic rings. The van der Waals surface area contributed by atoms with Gasteiger partial charge in [-0.3, -0.25) is 9.10 Å². The van der Waals surface area contributed by atoms with E-state index in [0.717, 1.165) is 30.2 Å². The Morgan fingerprint density at radius 1 is 1.04 bits per heavy atom. The van der Waals surface area contributed by atoms with Gasteiger partial charge in [0.1, 0.15) is 6.04 Å². The van der Waals surface area contributed by atoms with Crippen LogP contribution in [-0.4, -0.2) is 33.2 Å². The standard InChI is InChI=1S/C22H30N2O3S/c1-16-8-6-9-20(13-16)10-7-11-23-22(25)19(4)24(28(5,26)27)21-14-17(2)12-18(3)15-21/h6,8-9,12-15,19H,7,10-11H2,1-5H3,(H,23,25). The van der Waals surface area contributed by atoms with Gasteiger partial charge >= 0.3 is 0 Å². The molecule has 2 rings (SSSR count). The van der Waals surface area contributed by atoms with Gasteiger partial charge in [-0.25, -0.2) is 8.42 Å². The van der Waals surface area contributed by atoms with Crippen molar-refractivity contribution in [3.63, 3.8) is 0 Å². The number of benzene rings is 2. The molecule has 2 aromatic carbocycles. The summed E-state index contributed by atoms with van der Waals surface area (Å²) in [5.74, 6) is -0.297. The van der Waals surface area contributed by atoms with Crippen molar-refractivity contribution in [2.24, 2.45) is 0 Å². The van der Waals surface area contributed by atoms with E-state index in [9.17, 15) is 13.2 Å². The predicted octanol–water partition coefficient (Wildman–Crippen LogP) is 3.52. The van der Waals surface area contributed by atoms with E-state index in [0.29, 0.717) is 12.2 Å². The molecule has 0 saturated carbocycles. The van der Waals surface area contributed by atoms with Gasteiger partial charge in [-0.05, 0) is 69.4 Å². The smallest absolute Gasteiger partial charge is 0.243 e. The van der Waals surface area contributed by atoms with Crippen molar-refractivity contribution in [3.8, 4) is 0 Å². The largest absolute Gasteiger partial charge is 0.354 e. The molecule has 5 nitrogen and oxygen atoms in total. The maximum atomic E-state index is 12.6. The summed E-state index contributed by atoms with van der Waals surface area (Å²) in [4.78, 5) is 12.6. The molecule has 0 saturated heterocycles. The molecule has 0 fully saturated rings. The first-order valence-electron chi connectivity index (χ1n) is 9.49. The second-order valence-electron chi connectivity index (χ2n) is 7.46. The Morgan fingerprint density at radius 2 is 1.68 bits per heavy atom. The van der Waals surface area contributed by atoms with Crippen molar-refractivity contribution in [1.82, 2.24) is 5.32 Å². The van der Waals surface area contributed by atoms with E-state index in [1.165, 1.54) is 15.4 Å². The Kier molecular flexibility index (Phi) is 7.24. The number of carbonyl (C=O) groups is 1. The lowest BCUT2D eigenvalue weighted by Gasteiger charge is -2.28. The maximum absolute atomic E-state index is 12.6. The van der Waals surface area contributed by atoms with Gasteiger partial charge in [0, 0.05) is 6.54 Å². The van der Waals surface area contributed by atoms with Crippen molar-refractivity contribution in [1.29, 1.82) is 0 Å². The highest BCUT2D eigenvalue weighted by atomic mass is 32.2. The number of anilines is 1. The predicted molar refractivity (Wildman–Crippen MR) is 115 cm³/mol. The number of sulfonamides is 1. The minimum atomic E-state index is -3.60. The van der Waals surface area contributed by atoms with Crippen LogP contribution >= 0.6 is 0 Å². The van der Waals surface area contributed by atoms with Gasteiger partial charge < -0.3 is 5.32 Å². The minimum Gasteiger partial charge on any atom is -0.354 e. The normalized spacial score (nSPS) is 12.5. The van der Waals surface area contributed by atoms with Crippen LogP contribution in [0.3, 0.4) is 0 Å². The zero-order valence-electron chi connectivity index (χ0n) is 17.3. The Morgan fingerprint density at radius 3 is 2.25 bits per heavy atom. The molecule has 1 atom stereocenters. The van der Waals surface area contributed by atoms with E-state index in [1.807, 2.05) is 26.0 Å². The van der Waals surface area contributed by atoms with Gasteiger partial charge in [-0.15, -0.1) is 0 Å². The third kappa shape index (κ3) is 6.09. The molecule has 1 N–H and O–H groups in total. The van der Waals surface area contributed by atoms with Gasteiger partial charge in [0.05, 0.1) is 11.9 Å². The highest BCUT2D eigenvalue weighted by Crippen LogP contribution is 2.23. The van der Waals surface area contributed by atoms with E-state index in [1.54, 1.807) is 19.1 Å². The first-order chi connectivity index (χ1) is 13.1. The second kappa shape index (κ2) is 9.24. The lowest BCUT2D eigenvalue weighted by molar-refractivity contribution is -0.121. The van der Waals surface area contributed by atoms with Crippen LogP contribution in [0.1, 0.15) is 35.6 Å². The zero-order chi connectivity index (χ0) is 20.9. The summed E-state index contributed by atoms with van der Waals surface area (Å²) in [6, 6.07) is 13.0. The van der Waals surface area contributed by atoms with Crippen LogP contribution in [0.25, 0.3) is 0 Å². The average Bonchev–Trinajstić information content (AvgIpc) is 2.56. The summed E-state index contributed by atoms with van der Waals surface area (Å²) < 4.78 is 26.0. The number of hydrogen-bond donors (Lipinski definition) is 1. The van der Waals surface area contributed by atoms with Gasteiger partial charge in [-0.2, -0.15) is 0 Å². The van der Waals surface area contributed by atoms with Crippen molar-refractivity contribution in [2.75, 3.05) is 17.1 Å². The molecular weight excluding hydrogens is 372 g/mol. The van der Waals surface area contributed by atoms with Gasteiger partial charge in [0.2, 0.25) is 15.9 Å². The fourth-order valence-electron chi connectivity index (χ4n) is 3.41. The molecule has 0 heterocycles. The number of hydrogen-bond acceptors (Lipinski definition) is 3. The number of carbonyl (C=O) groups excluding carboxylic acids is 1. The van der Waals surface area contributed by atoms with E-state index >= 15 is 0 Å². The summed E-state index contributed by atoms with van der Waals surface area (Å²) in [5, 5.41) is 2.87. The molecule has 6 heteroatoms. The van der Waals surface area contributed by atoms with Crippen LogP contribution in [0, 0.1) is 20.8 Å². The molecule has 0 radical (unpaired) electrons. The summed E-state index contributed by atoms with van der Waals surface area (Å²) in [6.07, 6.45) is 2.79. The summed E-state index contributed by atoms with van der Waals surface area (Å²) >= 11 is 0. The van der Waals surface area contributed by atoms with E-state index in [4.69, 9.17) is 0 Å². The molecule has 0 aromatic heterocycles. The number of rotatable bonds is 8. The number of nitrogens with zero attached hydrogens (tertiary/aromatic N) is 1. The second-order valence-corrected chi connectivity index (χ2v) is 9.32. The van der Waals surface area contributed by atoms with Crippen molar-refractivity contribution in [2.45, 2.75) is 46.6 Å². The lowest BCUT2D eigenvalue weighted by atomic mass is 10.1. The van der Waals surface area contributed by atoms with Crippen LogP contribution in [0.5, 0.6) is 0 Å². The quantitative estimate of drug-likeness (QED) is 0.687. The Bertz CT molecular complexity index is 918.